The maximum atomic E-state index is 5.86. The number of nitrogens with zero attached hydrogens (tertiary/aromatic N) is 1. The molecule has 1 N–H and O–H groups in total. The molecule has 0 unspecified atom stereocenters. The second kappa shape index (κ2) is 7.67. The van der Waals surface area contributed by atoms with Crippen LogP contribution in [0.3, 0.4) is 0 Å². The van der Waals surface area contributed by atoms with Crippen LogP contribution in [-0.2, 0) is 13.0 Å². The van der Waals surface area contributed by atoms with Crippen molar-refractivity contribution >= 4 is 35.3 Å². The monoisotopic (exact) mass is 288 g/mol. The zero-order valence-electron chi connectivity index (χ0n) is 9.23. The molecule has 17 heavy (non-hydrogen) atoms. The standard InChI is InChI=1S/C12H13ClN2S.ClH/c13-12-4-3-11(16-12)5-7-15-9-10-2-1-6-14-8-10;/h1-4,6,8,15H,5,7,9H2;1H. The summed E-state index contributed by atoms with van der Waals surface area (Å²) in [4.78, 5) is 5.39. The Hall–Kier alpha value is -0.610. The first kappa shape index (κ1) is 14.5. The van der Waals surface area contributed by atoms with E-state index < -0.39 is 0 Å². The normalized spacial score (nSPS) is 9.94. The highest BCUT2D eigenvalue weighted by Gasteiger charge is 1.97. The van der Waals surface area contributed by atoms with Gasteiger partial charge in [0.15, 0.2) is 0 Å². The molecule has 92 valence electrons. The number of pyridine rings is 1. The molecule has 0 aliphatic heterocycles. The van der Waals surface area contributed by atoms with Gasteiger partial charge in [0.25, 0.3) is 0 Å². The second-order valence-electron chi connectivity index (χ2n) is 3.49. The zero-order valence-corrected chi connectivity index (χ0v) is 11.6. The van der Waals surface area contributed by atoms with Gasteiger partial charge in [-0.2, -0.15) is 0 Å². The molecule has 2 aromatic rings. The summed E-state index contributed by atoms with van der Waals surface area (Å²) >= 11 is 7.51. The van der Waals surface area contributed by atoms with Crippen LogP contribution >= 0.6 is 35.3 Å². The highest BCUT2D eigenvalue weighted by molar-refractivity contribution is 7.16. The Bertz CT molecular complexity index is 431. The molecule has 0 amide bonds. The Labute approximate surface area is 116 Å². The van der Waals surface area contributed by atoms with Crippen molar-refractivity contribution in [1.29, 1.82) is 0 Å². The molecule has 0 aliphatic carbocycles. The van der Waals surface area contributed by atoms with Crippen molar-refractivity contribution < 1.29 is 0 Å². The van der Waals surface area contributed by atoms with Crippen LogP contribution in [0.2, 0.25) is 4.34 Å². The van der Waals surface area contributed by atoms with E-state index in [0.717, 1.165) is 23.8 Å². The third kappa shape index (κ3) is 5.04. The topological polar surface area (TPSA) is 24.9 Å². The maximum absolute atomic E-state index is 5.86. The molecule has 0 saturated carbocycles. The van der Waals surface area contributed by atoms with Crippen LogP contribution in [0.25, 0.3) is 0 Å². The summed E-state index contributed by atoms with van der Waals surface area (Å²) in [6.45, 7) is 1.83. The first-order valence-electron chi connectivity index (χ1n) is 5.18. The summed E-state index contributed by atoms with van der Waals surface area (Å²) in [5, 5.41) is 3.38. The molecule has 0 spiro atoms. The van der Waals surface area contributed by atoms with Gasteiger partial charge in [-0.25, -0.2) is 0 Å². The van der Waals surface area contributed by atoms with Gasteiger partial charge in [-0.15, -0.1) is 23.7 Å². The van der Waals surface area contributed by atoms with Crippen LogP contribution in [0.1, 0.15) is 10.4 Å². The Balaban J connectivity index is 0.00000144. The summed E-state index contributed by atoms with van der Waals surface area (Å²) in [6, 6.07) is 8.06. The summed E-state index contributed by atoms with van der Waals surface area (Å²) < 4.78 is 0.863. The van der Waals surface area contributed by atoms with E-state index in [0.29, 0.717) is 0 Å². The third-order valence-corrected chi connectivity index (χ3v) is 3.52. The van der Waals surface area contributed by atoms with E-state index in [4.69, 9.17) is 11.6 Å². The molecule has 2 rings (SSSR count). The van der Waals surface area contributed by atoms with E-state index >= 15 is 0 Å². The molecule has 0 fully saturated rings. The molecule has 2 heterocycles. The number of hydrogen-bond donors (Lipinski definition) is 1. The molecular formula is C12H14Cl2N2S. The fourth-order valence-electron chi connectivity index (χ4n) is 1.43. The Kier molecular flexibility index (Phi) is 6.52. The third-order valence-electron chi connectivity index (χ3n) is 2.23. The summed E-state index contributed by atoms with van der Waals surface area (Å²) in [5.41, 5.74) is 1.21. The van der Waals surface area contributed by atoms with Crippen molar-refractivity contribution in [2.75, 3.05) is 6.54 Å². The van der Waals surface area contributed by atoms with Crippen LogP contribution in [0.4, 0.5) is 0 Å². The number of rotatable bonds is 5. The van der Waals surface area contributed by atoms with Crippen molar-refractivity contribution in [3.63, 3.8) is 0 Å². The second-order valence-corrected chi connectivity index (χ2v) is 5.29. The average molecular weight is 289 g/mol. The van der Waals surface area contributed by atoms with Crippen molar-refractivity contribution in [3.8, 4) is 0 Å². The number of nitrogens with one attached hydrogen (secondary N) is 1. The lowest BCUT2D eigenvalue weighted by atomic mass is 10.3. The van der Waals surface area contributed by atoms with Gasteiger partial charge >= 0.3 is 0 Å². The van der Waals surface area contributed by atoms with E-state index in [1.54, 1.807) is 17.5 Å². The predicted molar refractivity (Wildman–Crippen MR) is 76.2 cm³/mol. The van der Waals surface area contributed by atoms with Crippen molar-refractivity contribution in [3.05, 3.63) is 51.4 Å². The molecule has 0 radical (unpaired) electrons. The summed E-state index contributed by atoms with van der Waals surface area (Å²) in [5.74, 6) is 0. The van der Waals surface area contributed by atoms with Gasteiger partial charge in [-0.1, -0.05) is 17.7 Å². The van der Waals surface area contributed by atoms with Crippen molar-refractivity contribution in [2.24, 2.45) is 0 Å². The molecule has 0 saturated heterocycles. The molecule has 2 nitrogen and oxygen atoms in total. The van der Waals surface area contributed by atoms with Gasteiger partial charge in [-0.3, -0.25) is 4.98 Å². The van der Waals surface area contributed by atoms with Gasteiger partial charge in [-0.05, 0) is 30.2 Å². The maximum Gasteiger partial charge on any atom is 0.0931 e. The molecule has 0 bridgehead atoms. The van der Waals surface area contributed by atoms with Crippen LogP contribution < -0.4 is 5.32 Å². The lowest BCUT2D eigenvalue weighted by molar-refractivity contribution is 0.689. The number of hydrogen-bond acceptors (Lipinski definition) is 3. The minimum Gasteiger partial charge on any atom is -0.312 e. The van der Waals surface area contributed by atoms with Crippen molar-refractivity contribution in [2.45, 2.75) is 13.0 Å². The summed E-state index contributed by atoms with van der Waals surface area (Å²) in [6.07, 6.45) is 4.70. The molecule has 0 aliphatic rings. The predicted octanol–water partition coefficient (Wildman–Crippen LogP) is 3.55. The Morgan fingerprint density at radius 2 is 2.18 bits per heavy atom. The van der Waals surface area contributed by atoms with Crippen LogP contribution in [-0.4, -0.2) is 11.5 Å². The van der Waals surface area contributed by atoms with Gasteiger partial charge in [0.2, 0.25) is 0 Å². The smallest absolute Gasteiger partial charge is 0.0931 e. The quantitative estimate of drug-likeness (QED) is 0.851. The van der Waals surface area contributed by atoms with E-state index in [-0.39, 0.29) is 12.4 Å². The lowest BCUT2D eigenvalue weighted by Gasteiger charge is -2.02. The van der Waals surface area contributed by atoms with Gasteiger partial charge in [0.05, 0.1) is 4.34 Å². The van der Waals surface area contributed by atoms with Gasteiger partial charge in [0.1, 0.15) is 0 Å². The lowest BCUT2D eigenvalue weighted by Crippen LogP contribution is -2.16. The van der Waals surface area contributed by atoms with Gasteiger partial charge in [0, 0.05) is 30.4 Å². The van der Waals surface area contributed by atoms with Crippen LogP contribution in [0.15, 0.2) is 36.7 Å². The molecule has 0 atom stereocenters. The highest BCUT2D eigenvalue weighted by atomic mass is 35.5. The first-order valence-corrected chi connectivity index (χ1v) is 6.38. The Morgan fingerprint density at radius 3 is 2.82 bits per heavy atom. The molecular weight excluding hydrogens is 275 g/mol. The minimum absolute atomic E-state index is 0. The van der Waals surface area contributed by atoms with Crippen LogP contribution in [0, 0.1) is 0 Å². The SMILES string of the molecule is Cl.Clc1ccc(CCNCc2cccnc2)s1. The van der Waals surface area contributed by atoms with E-state index in [9.17, 15) is 0 Å². The summed E-state index contributed by atoms with van der Waals surface area (Å²) in [7, 11) is 0. The molecule has 2 aromatic heterocycles. The van der Waals surface area contributed by atoms with Crippen LogP contribution in [0.5, 0.6) is 0 Å². The number of aromatic nitrogens is 1. The first-order chi connectivity index (χ1) is 7.84. The highest BCUT2D eigenvalue weighted by Crippen LogP contribution is 2.21. The van der Waals surface area contributed by atoms with Crippen molar-refractivity contribution in [1.82, 2.24) is 10.3 Å². The molecule has 0 aromatic carbocycles. The average Bonchev–Trinajstić information content (AvgIpc) is 2.72. The van der Waals surface area contributed by atoms with E-state index in [1.807, 2.05) is 18.3 Å². The largest absolute Gasteiger partial charge is 0.312 e. The van der Waals surface area contributed by atoms with E-state index in [1.165, 1.54) is 10.4 Å². The minimum atomic E-state index is 0. The van der Waals surface area contributed by atoms with Gasteiger partial charge < -0.3 is 5.32 Å². The van der Waals surface area contributed by atoms with E-state index in [2.05, 4.69) is 22.4 Å². The fraction of sp³-hybridized carbons (Fsp3) is 0.250. The zero-order chi connectivity index (χ0) is 11.2. The number of thiophene rings is 1. The number of halogens is 2. The fourth-order valence-corrected chi connectivity index (χ4v) is 2.52. The molecule has 5 heteroatoms. The Morgan fingerprint density at radius 1 is 1.29 bits per heavy atom.